The van der Waals surface area contributed by atoms with Gasteiger partial charge in [-0.25, -0.2) is 4.99 Å². The van der Waals surface area contributed by atoms with Gasteiger partial charge >= 0.3 is 0 Å². The fraction of sp³-hybridized carbons (Fsp3) is 0.333. The van der Waals surface area contributed by atoms with Crippen LogP contribution in [0.25, 0.3) is 38.9 Å². The summed E-state index contributed by atoms with van der Waals surface area (Å²) >= 11 is 0. The van der Waals surface area contributed by atoms with Crippen LogP contribution in [0, 0.1) is 0 Å². The molecule has 0 aromatic carbocycles. The molecule has 2 aliphatic heterocycles. The molecule has 4 aromatic rings. The lowest BCUT2D eigenvalue weighted by Crippen LogP contribution is -2.57. The Morgan fingerprint density at radius 2 is 1.92 bits per heavy atom. The van der Waals surface area contributed by atoms with Gasteiger partial charge in [-0.05, 0) is 32.2 Å². The standard InChI is InChI=1S/C27H32N10/c1-4-20(32-26(5-2)37-15-17(28)16-37)21-11-19-24(13-30-21)33-34-27(19)22-10-18-23(31-22)12-29-14-25(18)36-8-6-35(3)7-9-36/h4-5,10-14,17,31H,2,6-9,15-16,28H2,1,3H3,(H,33,34)/b20-4-,32-26?. The summed E-state index contributed by atoms with van der Waals surface area (Å²) in [7, 11) is 2.17. The van der Waals surface area contributed by atoms with Crippen LogP contribution in [0.1, 0.15) is 12.6 Å². The molecule has 2 aliphatic rings. The maximum atomic E-state index is 5.96. The minimum absolute atomic E-state index is 0.186. The molecular formula is C27H32N10. The Balaban J connectivity index is 1.36. The molecule has 0 amide bonds. The van der Waals surface area contributed by atoms with E-state index in [0.29, 0.717) is 0 Å². The van der Waals surface area contributed by atoms with Gasteiger partial charge in [-0.3, -0.25) is 15.1 Å². The average Bonchev–Trinajstić information content (AvgIpc) is 3.52. The smallest absolute Gasteiger partial charge is 0.128 e. The predicted molar refractivity (Wildman–Crippen MR) is 150 cm³/mol. The highest BCUT2D eigenvalue weighted by Crippen LogP contribution is 2.33. The van der Waals surface area contributed by atoms with Crippen molar-refractivity contribution in [2.45, 2.75) is 13.0 Å². The summed E-state index contributed by atoms with van der Waals surface area (Å²) in [4.78, 5) is 24.5. The number of likely N-dealkylation sites (N-methyl/N-ethyl adjacent to an activating group) is 1. The molecule has 0 radical (unpaired) electrons. The monoisotopic (exact) mass is 496 g/mol. The Bertz CT molecular complexity index is 1510. The number of anilines is 1. The minimum Gasteiger partial charge on any atom is -0.367 e. The number of aromatic amines is 2. The van der Waals surface area contributed by atoms with Crippen molar-refractivity contribution in [2.24, 2.45) is 10.7 Å². The largest absolute Gasteiger partial charge is 0.367 e. The Hall–Kier alpha value is -4.02. The first-order valence-corrected chi connectivity index (χ1v) is 12.7. The van der Waals surface area contributed by atoms with Gasteiger partial charge < -0.3 is 25.4 Å². The zero-order valence-corrected chi connectivity index (χ0v) is 21.3. The molecule has 190 valence electrons. The van der Waals surface area contributed by atoms with Crippen molar-refractivity contribution in [1.29, 1.82) is 0 Å². The highest BCUT2D eigenvalue weighted by atomic mass is 15.3. The number of aromatic nitrogens is 5. The summed E-state index contributed by atoms with van der Waals surface area (Å²) in [6.45, 7) is 11.5. The highest BCUT2D eigenvalue weighted by Gasteiger charge is 2.25. The number of aliphatic imine (C=N–C) groups is 1. The SMILES string of the molecule is C=CC(=N/C(=C\C)c1cc2c(-c3cc4c(N5CCN(C)CC5)cncc4[nH]3)n[nH]c2cn1)N1CC(N)C1. The van der Waals surface area contributed by atoms with E-state index >= 15 is 0 Å². The first-order valence-electron chi connectivity index (χ1n) is 12.7. The Kier molecular flexibility index (Phi) is 5.97. The molecule has 6 rings (SSSR count). The zero-order valence-electron chi connectivity index (χ0n) is 21.3. The van der Waals surface area contributed by atoms with Crippen molar-refractivity contribution in [2.75, 3.05) is 51.2 Å². The van der Waals surface area contributed by atoms with Crippen molar-refractivity contribution in [3.63, 3.8) is 0 Å². The van der Waals surface area contributed by atoms with Crippen molar-refractivity contribution >= 4 is 39.0 Å². The molecule has 4 N–H and O–H groups in total. The molecule has 0 bridgehead atoms. The summed E-state index contributed by atoms with van der Waals surface area (Å²) in [5, 5.41) is 9.91. The van der Waals surface area contributed by atoms with Crippen LogP contribution in [0.3, 0.4) is 0 Å². The molecule has 0 spiro atoms. The van der Waals surface area contributed by atoms with E-state index in [1.165, 1.54) is 0 Å². The molecule has 0 unspecified atom stereocenters. The lowest BCUT2D eigenvalue weighted by molar-refractivity contribution is 0.256. The molecule has 0 saturated carbocycles. The number of amidine groups is 1. The normalized spacial score (nSPS) is 18.1. The van der Waals surface area contributed by atoms with Gasteiger partial charge in [-0.15, -0.1) is 0 Å². The van der Waals surface area contributed by atoms with E-state index in [1.54, 1.807) is 6.08 Å². The predicted octanol–water partition coefficient (Wildman–Crippen LogP) is 2.84. The topological polar surface area (TPSA) is 118 Å². The molecule has 6 heterocycles. The molecule has 10 heteroatoms. The van der Waals surface area contributed by atoms with Gasteiger partial charge in [0, 0.05) is 56.1 Å². The zero-order chi connectivity index (χ0) is 25.5. The second kappa shape index (κ2) is 9.45. The van der Waals surface area contributed by atoms with Crippen LogP contribution in [0.2, 0.25) is 0 Å². The van der Waals surface area contributed by atoms with Crippen LogP contribution in [-0.4, -0.2) is 93.1 Å². The van der Waals surface area contributed by atoms with Crippen molar-refractivity contribution in [3.05, 3.63) is 55.1 Å². The van der Waals surface area contributed by atoms with Gasteiger partial charge in [0.25, 0.3) is 0 Å². The number of hydrogen-bond acceptors (Lipinski definition) is 7. The highest BCUT2D eigenvalue weighted by molar-refractivity contribution is 6.00. The molecule has 0 aliphatic carbocycles. The van der Waals surface area contributed by atoms with E-state index in [-0.39, 0.29) is 6.04 Å². The van der Waals surface area contributed by atoms with Gasteiger partial charge in [-0.1, -0.05) is 12.7 Å². The average molecular weight is 497 g/mol. The molecule has 4 aromatic heterocycles. The van der Waals surface area contributed by atoms with Gasteiger partial charge in [0.15, 0.2) is 0 Å². The molecular weight excluding hydrogens is 464 g/mol. The fourth-order valence-electron chi connectivity index (χ4n) is 5.06. The van der Waals surface area contributed by atoms with Crippen LogP contribution >= 0.6 is 0 Å². The summed E-state index contributed by atoms with van der Waals surface area (Å²) < 4.78 is 0. The molecule has 10 nitrogen and oxygen atoms in total. The van der Waals surface area contributed by atoms with Crippen LogP contribution in [-0.2, 0) is 0 Å². The van der Waals surface area contributed by atoms with Gasteiger partial charge in [0.05, 0.1) is 52.4 Å². The van der Waals surface area contributed by atoms with E-state index in [1.807, 2.05) is 37.7 Å². The number of nitrogens with one attached hydrogen (secondary N) is 2. The van der Waals surface area contributed by atoms with Gasteiger partial charge in [0.2, 0.25) is 0 Å². The maximum Gasteiger partial charge on any atom is 0.128 e. The fourth-order valence-corrected chi connectivity index (χ4v) is 5.06. The van der Waals surface area contributed by atoms with E-state index in [0.717, 1.165) is 95.4 Å². The number of fused-ring (bicyclic) bond motifs is 2. The van der Waals surface area contributed by atoms with Crippen LogP contribution < -0.4 is 10.6 Å². The van der Waals surface area contributed by atoms with Crippen LogP contribution in [0.4, 0.5) is 5.69 Å². The molecule has 2 saturated heterocycles. The summed E-state index contributed by atoms with van der Waals surface area (Å²) in [6.07, 6.45) is 9.40. The maximum absolute atomic E-state index is 5.96. The summed E-state index contributed by atoms with van der Waals surface area (Å²) in [5.41, 5.74) is 12.3. The van der Waals surface area contributed by atoms with Gasteiger partial charge in [-0.2, -0.15) is 5.10 Å². The number of nitrogens with zero attached hydrogens (tertiary/aromatic N) is 7. The number of pyridine rings is 2. The minimum atomic E-state index is 0.186. The van der Waals surface area contributed by atoms with E-state index < -0.39 is 0 Å². The van der Waals surface area contributed by atoms with E-state index in [4.69, 9.17) is 10.7 Å². The summed E-state index contributed by atoms with van der Waals surface area (Å²) in [5.74, 6) is 0.809. The number of H-pyrrole nitrogens is 2. The number of likely N-dealkylation sites (tertiary alicyclic amines) is 1. The second-order valence-corrected chi connectivity index (χ2v) is 9.79. The van der Waals surface area contributed by atoms with Crippen LogP contribution in [0.15, 0.2) is 54.4 Å². The Morgan fingerprint density at radius 1 is 1.11 bits per heavy atom. The van der Waals surface area contributed by atoms with Crippen molar-refractivity contribution in [1.82, 2.24) is 34.9 Å². The molecule has 2 fully saturated rings. The number of hydrogen-bond donors (Lipinski definition) is 3. The first-order chi connectivity index (χ1) is 18.0. The van der Waals surface area contributed by atoms with E-state index in [9.17, 15) is 0 Å². The van der Waals surface area contributed by atoms with Crippen LogP contribution in [0.5, 0.6) is 0 Å². The quantitative estimate of drug-likeness (QED) is 0.287. The number of allylic oxidation sites excluding steroid dienone is 1. The lowest BCUT2D eigenvalue weighted by atomic mass is 10.1. The first kappa shape index (κ1) is 23.4. The van der Waals surface area contributed by atoms with E-state index in [2.05, 4.69) is 59.5 Å². The molecule has 0 atom stereocenters. The van der Waals surface area contributed by atoms with Crippen molar-refractivity contribution < 1.29 is 0 Å². The lowest BCUT2D eigenvalue weighted by Gasteiger charge is -2.38. The van der Waals surface area contributed by atoms with Crippen molar-refractivity contribution in [3.8, 4) is 11.4 Å². The molecule has 37 heavy (non-hydrogen) atoms. The second-order valence-electron chi connectivity index (χ2n) is 9.79. The Labute approximate surface area is 215 Å². The third-order valence-corrected chi connectivity index (χ3v) is 7.26. The Morgan fingerprint density at radius 3 is 2.65 bits per heavy atom. The number of nitrogens with two attached hydrogens (primary N) is 1. The van der Waals surface area contributed by atoms with Gasteiger partial charge in [0.1, 0.15) is 11.5 Å². The number of piperazine rings is 1. The summed E-state index contributed by atoms with van der Waals surface area (Å²) in [6, 6.07) is 4.41. The third-order valence-electron chi connectivity index (χ3n) is 7.26. The third kappa shape index (κ3) is 4.28. The number of rotatable bonds is 5.